The van der Waals surface area contributed by atoms with E-state index < -0.39 is 5.97 Å². The lowest BCUT2D eigenvalue weighted by molar-refractivity contribution is -0.0137. The summed E-state index contributed by atoms with van der Waals surface area (Å²) in [6.45, 7) is 5.95. The van der Waals surface area contributed by atoms with E-state index in [2.05, 4.69) is 16.8 Å². The van der Waals surface area contributed by atoms with Crippen LogP contribution in [0.3, 0.4) is 0 Å². The number of morpholine rings is 1. The Morgan fingerprint density at radius 3 is 3.11 bits per heavy atom. The van der Waals surface area contributed by atoms with Crippen LogP contribution >= 0.6 is 11.8 Å². The quantitative estimate of drug-likeness (QED) is 0.828. The third-order valence-electron chi connectivity index (χ3n) is 3.07. The van der Waals surface area contributed by atoms with Gasteiger partial charge in [-0.15, -0.1) is 11.8 Å². The Morgan fingerprint density at radius 1 is 1.63 bits per heavy atom. The van der Waals surface area contributed by atoms with Crippen LogP contribution in [0, 0.1) is 0 Å². The number of aromatic carboxylic acids is 1. The first-order chi connectivity index (χ1) is 9.19. The molecule has 1 aromatic heterocycles. The van der Waals surface area contributed by atoms with Gasteiger partial charge in [0.1, 0.15) is 0 Å². The summed E-state index contributed by atoms with van der Waals surface area (Å²) in [6, 6.07) is 3.33. The molecule has 1 aliphatic rings. The van der Waals surface area contributed by atoms with Crippen LogP contribution in [0.4, 0.5) is 0 Å². The number of rotatable bonds is 5. The Morgan fingerprint density at radius 2 is 2.47 bits per heavy atom. The summed E-state index contributed by atoms with van der Waals surface area (Å²) in [5.41, 5.74) is 0.218. The zero-order chi connectivity index (χ0) is 13.7. The Kier molecular flexibility index (Phi) is 5.18. The molecule has 1 fully saturated rings. The summed E-state index contributed by atoms with van der Waals surface area (Å²) in [7, 11) is 0. The van der Waals surface area contributed by atoms with Crippen molar-refractivity contribution in [2.45, 2.75) is 18.1 Å². The van der Waals surface area contributed by atoms with Crippen molar-refractivity contribution in [1.82, 2.24) is 9.88 Å². The van der Waals surface area contributed by atoms with Gasteiger partial charge in [0.2, 0.25) is 0 Å². The predicted molar refractivity (Wildman–Crippen MR) is 73.8 cm³/mol. The molecule has 1 N–H and O–H groups in total. The highest BCUT2D eigenvalue weighted by atomic mass is 32.2. The van der Waals surface area contributed by atoms with Crippen molar-refractivity contribution in [3.8, 4) is 0 Å². The second kappa shape index (κ2) is 6.88. The number of carboxylic acids is 1. The first-order valence-electron chi connectivity index (χ1n) is 6.35. The van der Waals surface area contributed by atoms with Gasteiger partial charge in [-0.3, -0.25) is 4.90 Å². The molecule has 0 aromatic carbocycles. The van der Waals surface area contributed by atoms with E-state index in [0.29, 0.717) is 0 Å². The van der Waals surface area contributed by atoms with E-state index in [1.165, 1.54) is 6.20 Å². The van der Waals surface area contributed by atoms with Crippen LogP contribution in [0.2, 0.25) is 0 Å². The highest BCUT2D eigenvalue weighted by Crippen LogP contribution is 2.19. The van der Waals surface area contributed by atoms with Gasteiger partial charge in [-0.05, 0) is 18.7 Å². The number of likely N-dealkylation sites (N-methyl/N-ethyl adjacent to an activating group) is 1. The van der Waals surface area contributed by atoms with Crippen LogP contribution in [-0.4, -0.2) is 59.1 Å². The largest absolute Gasteiger partial charge is 0.478 e. The fourth-order valence-corrected chi connectivity index (χ4v) is 2.79. The first kappa shape index (κ1) is 14.3. The number of pyridine rings is 1. The van der Waals surface area contributed by atoms with E-state index >= 15 is 0 Å². The number of carbonyl (C=O) groups is 1. The second-order valence-corrected chi connectivity index (χ2v) is 5.43. The molecule has 104 valence electrons. The minimum Gasteiger partial charge on any atom is -0.478 e. The maximum Gasteiger partial charge on any atom is 0.337 e. The molecule has 6 heteroatoms. The molecule has 0 amide bonds. The maximum atomic E-state index is 10.7. The van der Waals surface area contributed by atoms with E-state index in [-0.39, 0.29) is 11.7 Å². The number of nitrogens with zero attached hydrogens (tertiary/aromatic N) is 2. The van der Waals surface area contributed by atoms with Crippen LogP contribution < -0.4 is 0 Å². The molecule has 2 heterocycles. The molecule has 19 heavy (non-hydrogen) atoms. The average molecular weight is 282 g/mol. The van der Waals surface area contributed by atoms with Crippen molar-refractivity contribution in [2.24, 2.45) is 0 Å². The summed E-state index contributed by atoms with van der Waals surface area (Å²) < 4.78 is 5.71. The lowest BCUT2D eigenvalue weighted by Gasteiger charge is -2.31. The van der Waals surface area contributed by atoms with Gasteiger partial charge in [-0.2, -0.15) is 0 Å². The van der Waals surface area contributed by atoms with Crippen LogP contribution in [0.25, 0.3) is 0 Å². The van der Waals surface area contributed by atoms with Crippen molar-refractivity contribution < 1.29 is 14.6 Å². The zero-order valence-corrected chi connectivity index (χ0v) is 11.7. The Balaban J connectivity index is 1.83. The summed E-state index contributed by atoms with van der Waals surface area (Å²) in [5.74, 6) is -0.103. The molecule has 1 unspecified atom stereocenters. The third kappa shape index (κ3) is 4.19. The van der Waals surface area contributed by atoms with Crippen molar-refractivity contribution >= 4 is 17.7 Å². The summed E-state index contributed by atoms with van der Waals surface area (Å²) in [6.07, 6.45) is 1.62. The molecular weight excluding hydrogens is 264 g/mol. The number of hydrogen-bond acceptors (Lipinski definition) is 5. The van der Waals surface area contributed by atoms with Crippen molar-refractivity contribution in [2.75, 3.05) is 32.0 Å². The van der Waals surface area contributed by atoms with Crippen LogP contribution in [-0.2, 0) is 4.74 Å². The SMILES string of the molecule is CCN1CCOC(CSc2ccc(C(=O)O)cn2)C1. The number of aromatic nitrogens is 1. The topological polar surface area (TPSA) is 62.7 Å². The molecule has 0 radical (unpaired) electrons. The molecule has 0 aliphatic carbocycles. The van der Waals surface area contributed by atoms with Crippen molar-refractivity contribution in [3.63, 3.8) is 0 Å². The first-order valence-corrected chi connectivity index (χ1v) is 7.33. The summed E-state index contributed by atoms with van der Waals surface area (Å²) in [5, 5.41) is 9.63. The second-order valence-electron chi connectivity index (χ2n) is 4.39. The normalized spacial score (nSPS) is 20.4. The van der Waals surface area contributed by atoms with Crippen molar-refractivity contribution in [3.05, 3.63) is 23.9 Å². The van der Waals surface area contributed by atoms with Gasteiger partial charge in [0.05, 0.1) is 23.3 Å². The molecular formula is C13H18N2O3S. The molecule has 0 saturated carbocycles. The predicted octanol–water partition coefficient (Wildman–Crippen LogP) is 1.59. The minimum atomic E-state index is -0.946. The lowest BCUT2D eigenvalue weighted by atomic mass is 10.3. The molecule has 1 atom stereocenters. The smallest absolute Gasteiger partial charge is 0.337 e. The Bertz CT molecular complexity index is 424. The molecule has 1 aliphatic heterocycles. The number of ether oxygens (including phenoxy) is 1. The maximum absolute atomic E-state index is 10.7. The summed E-state index contributed by atoms with van der Waals surface area (Å²) >= 11 is 1.60. The lowest BCUT2D eigenvalue weighted by Crippen LogP contribution is -2.43. The minimum absolute atomic E-state index is 0.218. The third-order valence-corrected chi connectivity index (χ3v) is 4.15. The molecule has 1 aromatic rings. The van der Waals surface area contributed by atoms with Gasteiger partial charge in [0.15, 0.2) is 0 Å². The van der Waals surface area contributed by atoms with E-state index in [1.807, 2.05) is 0 Å². The molecule has 0 bridgehead atoms. The van der Waals surface area contributed by atoms with Crippen LogP contribution in [0.5, 0.6) is 0 Å². The van der Waals surface area contributed by atoms with Gasteiger partial charge in [-0.25, -0.2) is 9.78 Å². The van der Waals surface area contributed by atoms with Crippen molar-refractivity contribution in [1.29, 1.82) is 0 Å². The molecule has 5 nitrogen and oxygen atoms in total. The average Bonchev–Trinajstić information content (AvgIpc) is 2.46. The standard InChI is InChI=1S/C13H18N2O3S/c1-2-15-5-6-18-11(8-15)9-19-12-4-3-10(7-14-12)13(16)17/h3-4,7,11H,2,5-6,8-9H2,1H3,(H,16,17). The highest BCUT2D eigenvalue weighted by molar-refractivity contribution is 7.99. The molecule has 2 rings (SSSR count). The van der Waals surface area contributed by atoms with E-state index in [1.54, 1.807) is 23.9 Å². The number of hydrogen-bond donors (Lipinski definition) is 1. The Labute approximate surface area is 117 Å². The molecule has 0 spiro atoms. The van der Waals surface area contributed by atoms with E-state index in [0.717, 1.165) is 37.0 Å². The fraction of sp³-hybridized carbons (Fsp3) is 0.538. The number of thioether (sulfide) groups is 1. The molecule has 1 saturated heterocycles. The number of carboxylic acid groups (broad SMARTS) is 1. The fourth-order valence-electron chi connectivity index (χ4n) is 1.94. The van der Waals surface area contributed by atoms with Gasteiger partial charge >= 0.3 is 5.97 Å². The monoisotopic (exact) mass is 282 g/mol. The van der Waals surface area contributed by atoms with Crippen LogP contribution in [0.15, 0.2) is 23.4 Å². The van der Waals surface area contributed by atoms with Gasteiger partial charge in [0.25, 0.3) is 0 Å². The van der Waals surface area contributed by atoms with Gasteiger partial charge < -0.3 is 9.84 Å². The van der Waals surface area contributed by atoms with Gasteiger partial charge in [-0.1, -0.05) is 6.92 Å². The van der Waals surface area contributed by atoms with E-state index in [9.17, 15) is 4.79 Å². The highest BCUT2D eigenvalue weighted by Gasteiger charge is 2.19. The van der Waals surface area contributed by atoms with Crippen LogP contribution in [0.1, 0.15) is 17.3 Å². The van der Waals surface area contributed by atoms with Gasteiger partial charge in [0, 0.05) is 25.0 Å². The zero-order valence-electron chi connectivity index (χ0n) is 10.9. The summed E-state index contributed by atoms with van der Waals surface area (Å²) in [4.78, 5) is 17.2. The Hall–Kier alpha value is -1.11. The van der Waals surface area contributed by atoms with E-state index in [4.69, 9.17) is 9.84 Å².